The van der Waals surface area contributed by atoms with Crippen LogP contribution in [0, 0.1) is 0 Å². The Labute approximate surface area is 173 Å². The van der Waals surface area contributed by atoms with Gasteiger partial charge in [0, 0.05) is 20.1 Å². The second kappa shape index (κ2) is 8.83. The first kappa shape index (κ1) is 20.3. The van der Waals surface area contributed by atoms with Crippen LogP contribution >= 0.6 is 0 Å². The minimum atomic E-state index is -3.41. The topological polar surface area (TPSA) is 59.1 Å². The zero-order valence-electron chi connectivity index (χ0n) is 16.7. The van der Waals surface area contributed by atoms with Gasteiger partial charge in [-0.25, -0.2) is 12.7 Å². The van der Waals surface area contributed by atoms with Crippen LogP contribution in [0.2, 0.25) is 0 Å². The number of hydrogen-bond donors (Lipinski definition) is 0. The van der Waals surface area contributed by atoms with Crippen LogP contribution in [0.15, 0.2) is 54.6 Å². The SMILES string of the molecule is CN1OC[C@H](S(=O)(=O)N2CCCCC2)[C@H]1c1ccc(OCc2ccccc2)cc1. The van der Waals surface area contributed by atoms with Crippen LogP contribution in [-0.2, 0) is 21.5 Å². The van der Waals surface area contributed by atoms with E-state index in [1.807, 2.05) is 54.6 Å². The van der Waals surface area contributed by atoms with Crippen LogP contribution in [0.5, 0.6) is 5.75 Å². The molecule has 29 heavy (non-hydrogen) atoms. The number of piperidine rings is 1. The van der Waals surface area contributed by atoms with Crippen molar-refractivity contribution in [1.29, 1.82) is 0 Å². The summed E-state index contributed by atoms with van der Waals surface area (Å²) in [7, 11) is -1.61. The second-order valence-electron chi connectivity index (χ2n) is 7.67. The third-order valence-corrected chi connectivity index (χ3v) is 7.96. The van der Waals surface area contributed by atoms with E-state index >= 15 is 0 Å². The summed E-state index contributed by atoms with van der Waals surface area (Å²) < 4.78 is 34.0. The molecule has 2 fully saturated rings. The molecule has 0 amide bonds. The van der Waals surface area contributed by atoms with E-state index in [0.29, 0.717) is 19.7 Å². The van der Waals surface area contributed by atoms with Crippen LogP contribution in [0.4, 0.5) is 0 Å². The third kappa shape index (κ3) is 4.48. The zero-order valence-corrected chi connectivity index (χ0v) is 17.6. The van der Waals surface area contributed by atoms with Crippen LogP contribution in [0.25, 0.3) is 0 Å². The Morgan fingerprint density at radius 3 is 2.38 bits per heavy atom. The van der Waals surface area contributed by atoms with Crippen molar-refractivity contribution in [3.63, 3.8) is 0 Å². The first-order chi connectivity index (χ1) is 14.1. The second-order valence-corrected chi connectivity index (χ2v) is 9.83. The first-order valence-corrected chi connectivity index (χ1v) is 11.7. The fraction of sp³-hybridized carbons (Fsp3) is 0.455. The molecule has 2 aliphatic rings. The van der Waals surface area contributed by atoms with Crippen LogP contribution < -0.4 is 4.74 Å². The summed E-state index contributed by atoms with van der Waals surface area (Å²) in [5, 5.41) is 1.08. The van der Waals surface area contributed by atoms with Gasteiger partial charge >= 0.3 is 0 Å². The van der Waals surface area contributed by atoms with E-state index in [0.717, 1.165) is 36.1 Å². The molecule has 156 valence electrons. The predicted molar refractivity (Wildman–Crippen MR) is 112 cm³/mol. The number of hydroxylamine groups is 2. The number of sulfonamides is 1. The zero-order chi connectivity index (χ0) is 20.3. The number of hydrogen-bond acceptors (Lipinski definition) is 5. The molecular weight excluding hydrogens is 388 g/mol. The summed E-state index contributed by atoms with van der Waals surface area (Å²) in [5.41, 5.74) is 2.02. The van der Waals surface area contributed by atoms with Gasteiger partial charge in [-0.1, -0.05) is 48.9 Å². The molecule has 0 bridgehead atoms. The van der Waals surface area contributed by atoms with Crippen molar-refractivity contribution in [2.45, 2.75) is 37.2 Å². The van der Waals surface area contributed by atoms with Gasteiger partial charge in [0.25, 0.3) is 0 Å². The van der Waals surface area contributed by atoms with Crippen LogP contribution in [0.1, 0.15) is 36.4 Å². The van der Waals surface area contributed by atoms with Crippen molar-refractivity contribution in [2.75, 3.05) is 26.7 Å². The smallest absolute Gasteiger partial charge is 0.221 e. The predicted octanol–water partition coefficient (Wildman–Crippen LogP) is 3.37. The standard InChI is InChI=1S/C22H28N2O4S/c1-23-22(21(17-28-23)29(25,26)24-14-6-3-7-15-24)19-10-12-20(13-11-19)27-16-18-8-4-2-5-9-18/h2,4-5,8-13,21-22H,3,6-7,14-17H2,1H3/t21-,22+/m0/s1. The molecule has 2 aliphatic heterocycles. The molecule has 2 aromatic carbocycles. The van der Waals surface area contributed by atoms with Gasteiger partial charge in [-0.3, -0.25) is 4.84 Å². The molecule has 0 N–H and O–H groups in total. The monoisotopic (exact) mass is 416 g/mol. The minimum Gasteiger partial charge on any atom is -0.489 e. The highest BCUT2D eigenvalue weighted by Crippen LogP contribution is 2.36. The molecule has 0 radical (unpaired) electrons. The van der Waals surface area contributed by atoms with Crippen molar-refractivity contribution < 1.29 is 18.0 Å². The van der Waals surface area contributed by atoms with Gasteiger partial charge in [0.15, 0.2) is 0 Å². The van der Waals surface area contributed by atoms with Crippen molar-refractivity contribution in [3.05, 3.63) is 65.7 Å². The Hall–Kier alpha value is -1.93. The number of benzene rings is 2. The van der Waals surface area contributed by atoms with E-state index in [2.05, 4.69) is 0 Å². The largest absolute Gasteiger partial charge is 0.489 e. The van der Waals surface area contributed by atoms with Crippen molar-refractivity contribution in [2.24, 2.45) is 0 Å². The molecule has 2 aromatic rings. The van der Waals surface area contributed by atoms with Gasteiger partial charge in [0.05, 0.1) is 12.6 Å². The Balaban J connectivity index is 1.48. The molecule has 2 heterocycles. The lowest BCUT2D eigenvalue weighted by molar-refractivity contribution is -0.110. The van der Waals surface area contributed by atoms with Crippen molar-refractivity contribution >= 4 is 10.0 Å². The van der Waals surface area contributed by atoms with Gasteiger partial charge in [0.2, 0.25) is 10.0 Å². The van der Waals surface area contributed by atoms with Crippen LogP contribution in [0.3, 0.4) is 0 Å². The fourth-order valence-corrected chi connectivity index (χ4v) is 6.12. The number of ether oxygens (including phenoxy) is 1. The highest BCUT2D eigenvalue weighted by atomic mass is 32.2. The molecule has 0 spiro atoms. The average Bonchev–Trinajstić information content (AvgIpc) is 3.16. The van der Waals surface area contributed by atoms with Crippen molar-refractivity contribution in [1.82, 2.24) is 9.37 Å². The summed E-state index contributed by atoms with van der Waals surface area (Å²) in [6.45, 7) is 1.91. The third-order valence-electron chi connectivity index (χ3n) is 5.71. The van der Waals surface area contributed by atoms with Gasteiger partial charge in [-0.2, -0.15) is 5.06 Å². The van der Waals surface area contributed by atoms with Gasteiger partial charge in [-0.05, 0) is 36.1 Å². The maximum absolute atomic E-state index is 13.2. The highest BCUT2D eigenvalue weighted by Gasteiger charge is 2.45. The number of rotatable bonds is 6. The van der Waals surface area contributed by atoms with E-state index in [1.165, 1.54) is 0 Å². The molecular formula is C22H28N2O4S. The Kier molecular flexibility index (Phi) is 6.20. The van der Waals surface area contributed by atoms with E-state index < -0.39 is 15.3 Å². The lowest BCUT2D eigenvalue weighted by atomic mass is 10.0. The van der Waals surface area contributed by atoms with E-state index in [9.17, 15) is 8.42 Å². The maximum atomic E-state index is 13.2. The number of nitrogens with zero attached hydrogens (tertiary/aromatic N) is 2. The summed E-state index contributed by atoms with van der Waals surface area (Å²) in [6.07, 6.45) is 2.96. The van der Waals surface area contributed by atoms with E-state index in [4.69, 9.17) is 9.57 Å². The molecule has 0 aliphatic carbocycles. The molecule has 7 heteroatoms. The molecule has 4 rings (SSSR count). The Bertz CT molecular complexity index is 896. The normalized spacial score (nSPS) is 23.9. The Morgan fingerprint density at radius 2 is 1.69 bits per heavy atom. The Morgan fingerprint density at radius 1 is 1.00 bits per heavy atom. The highest BCUT2D eigenvalue weighted by molar-refractivity contribution is 7.89. The molecule has 2 atom stereocenters. The summed E-state index contributed by atoms with van der Waals surface area (Å²) in [4.78, 5) is 5.64. The molecule has 0 aromatic heterocycles. The van der Waals surface area contributed by atoms with Crippen LogP contribution in [-0.4, -0.2) is 49.8 Å². The molecule has 6 nitrogen and oxygen atoms in total. The van der Waals surface area contributed by atoms with Gasteiger partial charge in [0.1, 0.15) is 17.6 Å². The summed E-state index contributed by atoms with van der Waals surface area (Å²) >= 11 is 0. The molecule has 0 unspecified atom stereocenters. The lowest BCUT2D eigenvalue weighted by Gasteiger charge is -2.31. The quantitative estimate of drug-likeness (QED) is 0.723. The molecule has 2 saturated heterocycles. The minimum absolute atomic E-state index is 0.187. The lowest BCUT2D eigenvalue weighted by Crippen LogP contribution is -2.44. The molecule has 0 saturated carbocycles. The van der Waals surface area contributed by atoms with E-state index in [-0.39, 0.29) is 12.6 Å². The van der Waals surface area contributed by atoms with Gasteiger partial charge < -0.3 is 4.74 Å². The first-order valence-electron chi connectivity index (χ1n) is 10.2. The summed E-state index contributed by atoms with van der Waals surface area (Å²) in [6, 6.07) is 17.3. The van der Waals surface area contributed by atoms with Gasteiger partial charge in [-0.15, -0.1) is 0 Å². The maximum Gasteiger partial charge on any atom is 0.221 e. The summed E-state index contributed by atoms with van der Waals surface area (Å²) in [5.74, 6) is 0.759. The van der Waals surface area contributed by atoms with Crippen molar-refractivity contribution in [3.8, 4) is 5.75 Å². The van der Waals surface area contributed by atoms with E-state index in [1.54, 1.807) is 16.4 Å². The average molecular weight is 417 g/mol. The fourth-order valence-electron chi connectivity index (χ4n) is 4.08.